The maximum atomic E-state index is 6.80. The van der Waals surface area contributed by atoms with Crippen molar-refractivity contribution in [1.82, 2.24) is 4.90 Å². The van der Waals surface area contributed by atoms with E-state index in [1.165, 1.54) is 41.5 Å². The van der Waals surface area contributed by atoms with E-state index in [1.807, 2.05) is 0 Å². The average molecular weight is 448 g/mol. The molecule has 0 N–H and O–H groups in total. The lowest BCUT2D eigenvalue weighted by molar-refractivity contribution is -0.00336. The highest BCUT2D eigenvalue weighted by molar-refractivity contribution is 5.85. The highest BCUT2D eigenvalue weighted by Gasteiger charge is 2.46. The Balaban J connectivity index is 0.00000245. The summed E-state index contributed by atoms with van der Waals surface area (Å²) in [6, 6.07) is 31.9. The maximum Gasteiger partial charge on any atom is 0.108 e. The van der Waals surface area contributed by atoms with E-state index in [2.05, 4.69) is 104 Å². The monoisotopic (exact) mass is 447 g/mol. The van der Waals surface area contributed by atoms with Gasteiger partial charge in [0, 0.05) is 18.0 Å². The first-order chi connectivity index (χ1) is 15.2. The van der Waals surface area contributed by atoms with E-state index in [-0.39, 0.29) is 18.5 Å². The van der Waals surface area contributed by atoms with Crippen LogP contribution in [0.15, 0.2) is 84.9 Å². The fourth-order valence-corrected chi connectivity index (χ4v) is 5.85. The van der Waals surface area contributed by atoms with Gasteiger partial charge in [-0.25, -0.2) is 0 Å². The van der Waals surface area contributed by atoms with Gasteiger partial charge in [-0.2, -0.15) is 0 Å². The van der Waals surface area contributed by atoms with Crippen LogP contribution in [0.25, 0.3) is 0 Å². The molecule has 32 heavy (non-hydrogen) atoms. The SMILES string of the molecule is Cc1ccc(C2CC3CCC([C@H]2COC(c2ccccc2)c2ccccc2)N3C)cc1.Cl. The molecule has 0 amide bonds. The predicted molar refractivity (Wildman–Crippen MR) is 135 cm³/mol. The zero-order chi connectivity index (χ0) is 21.2. The molecule has 2 bridgehead atoms. The Labute approximate surface area is 199 Å². The lowest BCUT2D eigenvalue weighted by atomic mass is 9.76. The standard InChI is InChI=1S/C29H33NO.ClH/c1-21-13-15-22(16-14-21)26-19-25-17-18-28(30(25)2)27(26)20-31-29(23-9-5-3-6-10-23)24-11-7-4-8-12-24;/h3-16,25-29H,17-20H2,1-2H3;1H/t25?,26?,27-,28?;/m0./s1. The molecular weight excluding hydrogens is 414 g/mol. The number of aryl methyl sites for hydroxylation is 1. The number of fused-ring (bicyclic) bond motifs is 2. The lowest BCUT2D eigenvalue weighted by Gasteiger charge is -2.43. The topological polar surface area (TPSA) is 12.5 Å². The number of rotatable bonds is 6. The fraction of sp³-hybridized carbons (Fsp3) is 0.379. The second kappa shape index (κ2) is 10.2. The van der Waals surface area contributed by atoms with Gasteiger partial charge < -0.3 is 9.64 Å². The van der Waals surface area contributed by atoms with Gasteiger partial charge in [-0.1, -0.05) is 90.5 Å². The summed E-state index contributed by atoms with van der Waals surface area (Å²) in [6.45, 7) is 2.96. The molecule has 2 saturated heterocycles. The Hall–Kier alpha value is -2.13. The summed E-state index contributed by atoms with van der Waals surface area (Å²) in [5.41, 5.74) is 5.28. The van der Waals surface area contributed by atoms with Crippen LogP contribution in [-0.4, -0.2) is 30.6 Å². The van der Waals surface area contributed by atoms with Crippen molar-refractivity contribution in [2.75, 3.05) is 13.7 Å². The molecule has 2 nitrogen and oxygen atoms in total. The molecule has 168 valence electrons. The summed E-state index contributed by atoms with van der Waals surface area (Å²) in [5, 5.41) is 0. The summed E-state index contributed by atoms with van der Waals surface area (Å²) in [7, 11) is 2.33. The summed E-state index contributed by atoms with van der Waals surface area (Å²) >= 11 is 0. The molecule has 0 radical (unpaired) electrons. The van der Waals surface area contributed by atoms with Gasteiger partial charge in [0.2, 0.25) is 0 Å². The van der Waals surface area contributed by atoms with Crippen LogP contribution in [-0.2, 0) is 4.74 Å². The van der Waals surface area contributed by atoms with Crippen LogP contribution in [0.3, 0.4) is 0 Å². The Morgan fingerprint density at radius 2 is 1.44 bits per heavy atom. The van der Waals surface area contributed by atoms with Crippen molar-refractivity contribution in [3.8, 4) is 0 Å². The number of hydrogen-bond donors (Lipinski definition) is 0. The van der Waals surface area contributed by atoms with E-state index in [0.717, 1.165) is 6.61 Å². The minimum atomic E-state index is -0.0227. The molecule has 3 aromatic rings. The normalized spacial score (nSPS) is 25.0. The Kier molecular flexibility index (Phi) is 7.35. The number of ether oxygens (including phenoxy) is 1. The molecule has 5 rings (SSSR count). The molecule has 3 aromatic carbocycles. The first-order valence-corrected chi connectivity index (χ1v) is 11.7. The van der Waals surface area contributed by atoms with Gasteiger partial charge in [0.25, 0.3) is 0 Å². The van der Waals surface area contributed by atoms with Crippen molar-refractivity contribution in [3.05, 3.63) is 107 Å². The molecule has 0 saturated carbocycles. The van der Waals surface area contributed by atoms with E-state index < -0.39 is 0 Å². The van der Waals surface area contributed by atoms with Crippen LogP contribution in [0.5, 0.6) is 0 Å². The summed E-state index contributed by atoms with van der Waals surface area (Å²) in [4.78, 5) is 2.64. The summed E-state index contributed by atoms with van der Waals surface area (Å²) < 4.78 is 6.80. The second-order valence-electron chi connectivity index (χ2n) is 9.42. The zero-order valence-corrected chi connectivity index (χ0v) is 19.9. The van der Waals surface area contributed by atoms with Crippen molar-refractivity contribution in [3.63, 3.8) is 0 Å². The van der Waals surface area contributed by atoms with Crippen LogP contribution in [0.1, 0.15) is 53.5 Å². The number of benzene rings is 3. The van der Waals surface area contributed by atoms with Crippen LogP contribution in [0.2, 0.25) is 0 Å². The number of halogens is 1. The molecule has 3 heteroatoms. The van der Waals surface area contributed by atoms with Crippen LogP contribution in [0, 0.1) is 12.8 Å². The second-order valence-corrected chi connectivity index (χ2v) is 9.42. The predicted octanol–water partition coefficient (Wildman–Crippen LogP) is 6.79. The molecule has 2 aliphatic heterocycles. The molecule has 2 heterocycles. The quantitative estimate of drug-likeness (QED) is 0.412. The summed E-state index contributed by atoms with van der Waals surface area (Å²) in [6.07, 6.45) is 3.83. The molecule has 0 spiro atoms. The van der Waals surface area contributed by atoms with E-state index >= 15 is 0 Å². The molecule has 2 fully saturated rings. The van der Waals surface area contributed by atoms with Gasteiger partial charge in [0.05, 0.1) is 6.61 Å². The number of nitrogens with zero attached hydrogens (tertiary/aromatic N) is 1. The van der Waals surface area contributed by atoms with E-state index in [1.54, 1.807) is 0 Å². The minimum Gasteiger partial charge on any atom is -0.368 e. The molecule has 3 unspecified atom stereocenters. The molecule has 0 aromatic heterocycles. The largest absolute Gasteiger partial charge is 0.368 e. The third-order valence-corrected chi connectivity index (χ3v) is 7.60. The number of piperidine rings is 1. The van der Waals surface area contributed by atoms with Crippen molar-refractivity contribution in [1.29, 1.82) is 0 Å². The number of hydrogen-bond acceptors (Lipinski definition) is 2. The fourth-order valence-electron chi connectivity index (χ4n) is 5.85. The smallest absolute Gasteiger partial charge is 0.108 e. The molecule has 0 aliphatic carbocycles. The van der Waals surface area contributed by atoms with Crippen molar-refractivity contribution < 1.29 is 4.74 Å². The van der Waals surface area contributed by atoms with Crippen LogP contribution < -0.4 is 0 Å². The third-order valence-electron chi connectivity index (χ3n) is 7.60. The highest BCUT2D eigenvalue weighted by atomic mass is 35.5. The Bertz CT molecular complexity index is 936. The average Bonchev–Trinajstić information content (AvgIpc) is 3.05. The first kappa shape index (κ1) is 23.0. The maximum absolute atomic E-state index is 6.80. The minimum absolute atomic E-state index is 0. The third kappa shape index (κ3) is 4.64. The van der Waals surface area contributed by atoms with E-state index in [4.69, 9.17) is 4.74 Å². The van der Waals surface area contributed by atoms with Gasteiger partial charge >= 0.3 is 0 Å². The van der Waals surface area contributed by atoms with Crippen LogP contribution in [0.4, 0.5) is 0 Å². The van der Waals surface area contributed by atoms with Crippen molar-refractivity contribution in [2.24, 2.45) is 5.92 Å². The lowest BCUT2D eigenvalue weighted by Crippen LogP contribution is -2.47. The molecule has 4 atom stereocenters. The zero-order valence-electron chi connectivity index (χ0n) is 19.1. The van der Waals surface area contributed by atoms with Gasteiger partial charge in [-0.05, 0) is 55.8 Å². The van der Waals surface area contributed by atoms with Gasteiger partial charge in [0.15, 0.2) is 0 Å². The highest BCUT2D eigenvalue weighted by Crippen LogP contribution is 2.47. The Morgan fingerprint density at radius 3 is 2.03 bits per heavy atom. The van der Waals surface area contributed by atoms with E-state index in [0.29, 0.717) is 23.9 Å². The molecular formula is C29H34ClNO. The molecule has 2 aliphatic rings. The van der Waals surface area contributed by atoms with Crippen LogP contribution >= 0.6 is 12.4 Å². The summed E-state index contributed by atoms with van der Waals surface area (Å²) in [5.74, 6) is 1.09. The van der Waals surface area contributed by atoms with Crippen molar-refractivity contribution in [2.45, 2.75) is 50.3 Å². The van der Waals surface area contributed by atoms with E-state index in [9.17, 15) is 0 Å². The van der Waals surface area contributed by atoms with Gasteiger partial charge in [-0.15, -0.1) is 12.4 Å². The van der Waals surface area contributed by atoms with Crippen molar-refractivity contribution >= 4 is 12.4 Å². The first-order valence-electron chi connectivity index (χ1n) is 11.7. The van der Waals surface area contributed by atoms with Gasteiger partial charge in [-0.3, -0.25) is 0 Å². The Morgan fingerprint density at radius 1 is 0.844 bits per heavy atom. The van der Waals surface area contributed by atoms with Gasteiger partial charge in [0.1, 0.15) is 6.10 Å².